The summed E-state index contributed by atoms with van der Waals surface area (Å²) in [7, 11) is 1.30. The molecule has 0 atom stereocenters. The Morgan fingerprint density at radius 3 is 2.71 bits per heavy atom. The molecule has 3 rings (SSSR count). The van der Waals surface area contributed by atoms with E-state index in [9.17, 15) is 18.0 Å². The lowest BCUT2D eigenvalue weighted by atomic mass is 10.1. The van der Waals surface area contributed by atoms with Gasteiger partial charge in [-0.3, -0.25) is 4.79 Å². The number of alkyl halides is 3. The van der Waals surface area contributed by atoms with Gasteiger partial charge in [-0.15, -0.1) is 5.10 Å². The van der Waals surface area contributed by atoms with Crippen LogP contribution in [0.25, 0.3) is 0 Å². The first-order valence-corrected chi connectivity index (χ1v) is 8.96. The van der Waals surface area contributed by atoms with Crippen molar-refractivity contribution in [3.05, 3.63) is 40.7 Å². The highest BCUT2D eigenvalue weighted by Gasteiger charge is 2.34. The number of rotatable bonds is 5. The minimum atomic E-state index is -4.55. The van der Waals surface area contributed by atoms with E-state index in [0.29, 0.717) is 5.69 Å². The molecule has 0 radical (unpaired) electrons. The summed E-state index contributed by atoms with van der Waals surface area (Å²) < 4.78 is 46.4. The minimum Gasteiger partial charge on any atom is -0.497 e. The molecule has 1 saturated heterocycles. The Balaban J connectivity index is 1.74. The van der Waals surface area contributed by atoms with Crippen LogP contribution in [-0.2, 0) is 12.7 Å². The number of ether oxygens (including phenoxy) is 1. The number of piperidine rings is 1. The number of methoxy groups -OCH3 is 1. The highest BCUT2D eigenvalue weighted by Crippen LogP contribution is 2.34. The second-order valence-electron chi connectivity index (χ2n) is 6.65. The van der Waals surface area contributed by atoms with E-state index in [1.165, 1.54) is 19.2 Å². The van der Waals surface area contributed by atoms with E-state index >= 15 is 0 Å². The zero-order valence-electron chi connectivity index (χ0n) is 15.6. The third kappa shape index (κ3) is 4.27. The van der Waals surface area contributed by atoms with Gasteiger partial charge in [-0.2, -0.15) is 13.2 Å². The van der Waals surface area contributed by atoms with E-state index in [0.717, 1.165) is 32.0 Å². The van der Waals surface area contributed by atoms with E-state index < -0.39 is 17.6 Å². The van der Waals surface area contributed by atoms with Crippen LogP contribution in [0, 0.1) is 6.92 Å². The van der Waals surface area contributed by atoms with Gasteiger partial charge in [0.1, 0.15) is 5.75 Å². The Morgan fingerprint density at radius 2 is 2.07 bits per heavy atom. The summed E-state index contributed by atoms with van der Waals surface area (Å²) in [5, 5.41) is 13.8. The molecule has 28 heavy (non-hydrogen) atoms. The first-order chi connectivity index (χ1) is 13.3. The number of hydrogen-bond acceptors (Lipinski definition) is 5. The van der Waals surface area contributed by atoms with Crippen molar-refractivity contribution in [2.75, 3.05) is 20.2 Å². The third-order valence-electron chi connectivity index (χ3n) is 4.86. The number of aromatic nitrogens is 3. The van der Waals surface area contributed by atoms with Gasteiger partial charge in [0.2, 0.25) is 0 Å². The molecule has 7 nitrogen and oxygen atoms in total. The van der Waals surface area contributed by atoms with Crippen LogP contribution in [0.5, 0.6) is 5.75 Å². The molecular formula is C18H22F3N5O2. The average molecular weight is 397 g/mol. The zero-order chi connectivity index (χ0) is 20.3. The van der Waals surface area contributed by atoms with Gasteiger partial charge in [0.15, 0.2) is 5.69 Å². The van der Waals surface area contributed by atoms with Crippen molar-refractivity contribution in [2.24, 2.45) is 0 Å². The lowest BCUT2D eigenvalue weighted by Gasteiger charge is -2.23. The topological polar surface area (TPSA) is 81.1 Å². The van der Waals surface area contributed by atoms with Crippen LogP contribution in [0.15, 0.2) is 18.2 Å². The Labute approximate surface area is 160 Å². The highest BCUT2D eigenvalue weighted by atomic mass is 19.4. The summed E-state index contributed by atoms with van der Waals surface area (Å²) in [6.45, 7) is 3.19. The first kappa shape index (κ1) is 20.1. The quantitative estimate of drug-likeness (QED) is 0.810. The largest absolute Gasteiger partial charge is 0.497 e. The smallest absolute Gasteiger partial charge is 0.416 e. The standard InChI is InChI=1S/C18H22F3N5O2/c1-11-16(24-25-26(11)13-5-7-22-8-6-13)17(27)23-10-12-3-4-14(28-2)9-15(12)18(19,20)21/h3-4,9,13,22H,5-8,10H2,1-2H3,(H,23,27). The van der Waals surface area contributed by atoms with Crippen molar-refractivity contribution >= 4 is 5.91 Å². The van der Waals surface area contributed by atoms with Crippen LogP contribution >= 0.6 is 0 Å². The van der Waals surface area contributed by atoms with Crippen LogP contribution in [0.4, 0.5) is 13.2 Å². The van der Waals surface area contributed by atoms with Gasteiger partial charge in [-0.1, -0.05) is 11.3 Å². The third-order valence-corrected chi connectivity index (χ3v) is 4.86. The molecule has 0 aliphatic carbocycles. The molecule has 1 aromatic heterocycles. The fourth-order valence-electron chi connectivity index (χ4n) is 3.31. The second-order valence-corrected chi connectivity index (χ2v) is 6.65. The van der Waals surface area contributed by atoms with E-state index in [-0.39, 0.29) is 29.6 Å². The molecular weight excluding hydrogens is 375 g/mol. The van der Waals surface area contributed by atoms with Crippen LogP contribution in [-0.4, -0.2) is 41.1 Å². The predicted octanol–water partition coefficient (Wildman–Crippen LogP) is 2.47. The number of nitrogens with one attached hydrogen (secondary N) is 2. The van der Waals surface area contributed by atoms with Crippen molar-refractivity contribution in [1.29, 1.82) is 0 Å². The van der Waals surface area contributed by atoms with Crippen LogP contribution in [0.1, 0.15) is 46.2 Å². The molecule has 1 fully saturated rings. The molecule has 10 heteroatoms. The summed E-state index contributed by atoms with van der Waals surface area (Å²) >= 11 is 0. The monoisotopic (exact) mass is 397 g/mol. The maximum atomic E-state index is 13.3. The average Bonchev–Trinajstić information content (AvgIpc) is 3.07. The van der Waals surface area contributed by atoms with Gasteiger partial charge in [0.05, 0.1) is 24.4 Å². The maximum Gasteiger partial charge on any atom is 0.416 e. The molecule has 2 N–H and O–H groups in total. The lowest BCUT2D eigenvalue weighted by Crippen LogP contribution is -2.30. The van der Waals surface area contributed by atoms with Gasteiger partial charge in [-0.25, -0.2) is 4.68 Å². The fourth-order valence-corrected chi connectivity index (χ4v) is 3.31. The molecule has 152 valence electrons. The maximum absolute atomic E-state index is 13.3. The van der Waals surface area contributed by atoms with Crippen molar-refractivity contribution in [1.82, 2.24) is 25.6 Å². The summed E-state index contributed by atoms with van der Waals surface area (Å²) in [6.07, 6.45) is -2.79. The minimum absolute atomic E-state index is 0.0509. The number of carbonyl (C=O) groups excluding carboxylic acids is 1. The van der Waals surface area contributed by atoms with Gasteiger partial charge in [-0.05, 0) is 50.6 Å². The predicted molar refractivity (Wildman–Crippen MR) is 95.1 cm³/mol. The Hall–Kier alpha value is -2.62. The number of benzene rings is 1. The lowest BCUT2D eigenvalue weighted by molar-refractivity contribution is -0.138. The van der Waals surface area contributed by atoms with E-state index in [1.807, 2.05) is 0 Å². The Kier molecular flexibility index (Phi) is 5.87. The summed E-state index contributed by atoms with van der Waals surface area (Å²) in [5.41, 5.74) is -0.164. The first-order valence-electron chi connectivity index (χ1n) is 8.96. The molecule has 0 saturated carbocycles. The molecule has 2 heterocycles. The molecule has 0 bridgehead atoms. The molecule has 0 unspecified atom stereocenters. The number of carbonyl (C=O) groups is 1. The van der Waals surface area contributed by atoms with Gasteiger partial charge in [0.25, 0.3) is 5.91 Å². The van der Waals surface area contributed by atoms with E-state index in [4.69, 9.17) is 4.74 Å². The summed E-state index contributed by atoms with van der Waals surface area (Å²) in [4.78, 5) is 12.5. The number of halogens is 3. The van der Waals surface area contributed by atoms with Gasteiger partial charge >= 0.3 is 6.18 Å². The zero-order valence-corrected chi connectivity index (χ0v) is 15.6. The molecule has 1 aromatic carbocycles. The van der Waals surface area contributed by atoms with Crippen molar-refractivity contribution in [3.8, 4) is 5.75 Å². The van der Waals surface area contributed by atoms with Crippen LogP contribution in [0.2, 0.25) is 0 Å². The Bertz CT molecular complexity index is 844. The SMILES string of the molecule is COc1ccc(CNC(=O)c2nnn(C3CCNCC3)c2C)c(C(F)(F)F)c1. The number of nitrogens with zero attached hydrogens (tertiary/aromatic N) is 3. The van der Waals surface area contributed by atoms with Gasteiger partial charge in [0, 0.05) is 6.54 Å². The van der Waals surface area contributed by atoms with Crippen LogP contribution in [0.3, 0.4) is 0 Å². The number of hydrogen-bond donors (Lipinski definition) is 2. The Morgan fingerprint density at radius 1 is 1.36 bits per heavy atom. The molecule has 0 spiro atoms. The van der Waals surface area contributed by atoms with Crippen molar-refractivity contribution in [3.63, 3.8) is 0 Å². The van der Waals surface area contributed by atoms with E-state index in [2.05, 4.69) is 20.9 Å². The number of amides is 1. The molecule has 1 aliphatic rings. The second kappa shape index (κ2) is 8.17. The summed E-state index contributed by atoms with van der Waals surface area (Å²) in [6, 6.07) is 3.80. The van der Waals surface area contributed by atoms with Crippen molar-refractivity contribution < 1.29 is 22.7 Å². The molecule has 1 amide bonds. The van der Waals surface area contributed by atoms with Gasteiger partial charge < -0.3 is 15.4 Å². The normalized spacial score (nSPS) is 15.5. The molecule has 2 aromatic rings. The van der Waals surface area contributed by atoms with Crippen molar-refractivity contribution in [2.45, 2.75) is 38.5 Å². The summed E-state index contributed by atoms with van der Waals surface area (Å²) in [5.74, 6) is -0.454. The highest BCUT2D eigenvalue weighted by molar-refractivity contribution is 5.93. The molecule has 1 aliphatic heterocycles. The van der Waals surface area contributed by atoms with Crippen LogP contribution < -0.4 is 15.4 Å². The fraction of sp³-hybridized carbons (Fsp3) is 0.500. The van der Waals surface area contributed by atoms with E-state index in [1.54, 1.807) is 11.6 Å².